The second-order valence-electron chi connectivity index (χ2n) is 9.38. The smallest absolute Gasteiger partial charge is 0.243 e. The Bertz CT molecular complexity index is 995. The maximum atomic E-state index is 13.9. The van der Waals surface area contributed by atoms with Gasteiger partial charge in [-0.2, -0.15) is 4.31 Å². The third-order valence-corrected chi connectivity index (χ3v) is 8.74. The van der Waals surface area contributed by atoms with E-state index in [1.54, 1.807) is 4.31 Å². The molecule has 0 amide bonds. The summed E-state index contributed by atoms with van der Waals surface area (Å²) >= 11 is 0. The van der Waals surface area contributed by atoms with Gasteiger partial charge in [0, 0.05) is 19.1 Å². The van der Waals surface area contributed by atoms with E-state index in [0.717, 1.165) is 47.5 Å². The number of nitrogens with zero attached hydrogens (tertiary/aromatic N) is 2. The molecular formula is C27H40N2O3S. The van der Waals surface area contributed by atoms with Crippen LogP contribution >= 0.6 is 0 Å². The highest BCUT2D eigenvalue weighted by atomic mass is 32.2. The van der Waals surface area contributed by atoms with Crippen LogP contribution < -0.4 is 4.74 Å². The minimum Gasteiger partial charge on any atom is -0.494 e. The van der Waals surface area contributed by atoms with Crippen LogP contribution in [0, 0.1) is 20.8 Å². The van der Waals surface area contributed by atoms with Crippen molar-refractivity contribution in [2.45, 2.75) is 77.8 Å². The van der Waals surface area contributed by atoms with Gasteiger partial charge in [-0.15, -0.1) is 0 Å². The van der Waals surface area contributed by atoms with Gasteiger partial charge in [0.1, 0.15) is 5.75 Å². The molecule has 0 aliphatic carbocycles. The lowest BCUT2D eigenvalue weighted by atomic mass is 10.0. The van der Waals surface area contributed by atoms with Gasteiger partial charge in [0.25, 0.3) is 0 Å². The fraction of sp³-hybridized carbons (Fsp3) is 0.556. The SMILES string of the molecule is CCOc1ccc(CN(CCCN2CCCCC2C)S(=O)(=O)c2c(C)cc(C)cc2C)cc1. The van der Waals surface area contributed by atoms with Gasteiger partial charge in [0.05, 0.1) is 11.5 Å². The van der Waals surface area contributed by atoms with E-state index in [1.165, 1.54) is 19.3 Å². The average molecular weight is 473 g/mol. The van der Waals surface area contributed by atoms with Gasteiger partial charge in [0.2, 0.25) is 10.0 Å². The Kier molecular flexibility index (Phi) is 8.96. The molecule has 1 aliphatic heterocycles. The fourth-order valence-corrected chi connectivity index (χ4v) is 6.87. The molecule has 0 radical (unpaired) electrons. The van der Waals surface area contributed by atoms with Crippen LogP contribution in [0.2, 0.25) is 0 Å². The second-order valence-corrected chi connectivity index (χ2v) is 11.3. The summed E-state index contributed by atoms with van der Waals surface area (Å²) in [7, 11) is -3.63. The standard InChI is InChI=1S/C27H40N2O3S/c1-6-32-26-13-11-25(12-14-26)20-29(17-9-16-28-15-8-7-10-24(28)5)33(30,31)27-22(3)18-21(2)19-23(27)4/h11-14,18-19,24H,6-10,15-17,20H2,1-5H3. The fourth-order valence-electron chi connectivity index (χ4n) is 4.99. The maximum absolute atomic E-state index is 13.9. The topological polar surface area (TPSA) is 49.9 Å². The number of aryl methyl sites for hydroxylation is 3. The lowest BCUT2D eigenvalue weighted by molar-refractivity contribution is 0.155. The number of hydrogen-bond acceptors (Lipinski definition) is 4. The molecule has 0 aromatic heterocycles. The highest BCUT2D eigenvalue weighted by molar-refractivity contribution is 7.89. The van der Waals surface area contributed by atoms with Crippen molar-refractivity contribution in [3.63, 3.8) is 0 Å². The Labute approximate surface area is 200 Å². The molecule has 182 valence electrons. The number of rotatable bonds is 10. The molecule has 33 heavy (non-hydrogen) atoms. The van der Waals surface area contributed by atoms with Crippen molar-refractivity contribution in [1.82, 2.24) is 9.21 Å². The number of hydrogen-bond donors (Lipinski definition) is 0. The molecule has 6 heteroatoms. The number of piperidine rings is 1. The first kappa shape index (κ1) is 25.7. The van der Waals surface area contributed by atoms with Crippen LogP contribution in [-0.4, -0.2) is 49.9 Å². The quantitative estimate of drug-likeness (QED) is 0.460. The van der Waals surface area contributed by atoms with Crippen LogP contribution in [0.1, 0.15) is 61.8 Å². The lowest BCUT2D eigenvalue weighted by Gasteiger charge is -2.34. The van der Waals surface area contributed by atoms with E-state index >= 15 is 0 Å². The first-order chi connectivity index (χ1) is 15.7. The summed E-state index contributed by atoms with van der Waals surface area (Å²) in [5.41, 5.74) is 3.68. The van der Waals surface area contributed by atoms with E-state index < -0.39 is 10.0 Å². The van der Waals surface area contributed by atoms with Crippen molar-refractivity contribution in [2.75, 3.05) is 26.2 Å². The van der Waals surface area contributed by atoms with Crippen LogP contribution in [0.5, 0.6) is 5.75 Å². The van der Waals surface area contributed by atoms with Crippen molar-refractivity contribution in [3.05, 3.63) is 58.7 Å². The van der Waals surface area contributed by atoms with Gasteiger partial charge in [0.15, 0.2) is 0 Å². The van der Waals surface area contributed by atoms with E-state index in [9.17, 15) is 8.42 Å². The van der Waals surface area contributed by atoms with Gasteiger partial charge in [-0.3, -0.25) is 0 Å². The Balaban J connectivity index is 1.84. The summed E-state index contributed by atoms with van der Waals surface area (Å²) in [6.45, 7) is 13.6. The highest BCUT2D eigenvalue weighted by Crippen LogP contribution is 2.27. The summed E-state index contributed by atoms with van der Waals surface area (Å²) in [4.78, 5) is 2.96. The molecular weight excluding hydrogens is 432 g/mol. The summed E-state index contributed by atoms with van der Waals surface area (Å²) in [5, 5.41) is 0. The Morgan fingerprint density at radius 1 is 1.06 bits per heavy atom. The van der Waals surface area contributed by atoms with E-state index in [0.29, 0.717) is 30.6 Å². The molecule has 1 aliphatic rings. The van der Waals surface area contributed by atoms with Gasteiger partial charge in [-0.25, -0.2) is 8.42 Å². The summed E-state index contributed by atoms with van der Waals surface area (Å²) in [6.07, 6.45) is 4.59. The van der Waals surface area contributed by atoms with E-state index in [-0.39, 0.29) is 0 Å². The van der Waals surface area contributed by atoms with E-state index in [4.69, 9.17) is 4.74 Å². The first-order valence-electron chi connectivity index (χ1n) is 12.3. The molecule has 2 aromatic carbocycles. The van der Waals surface area contributed by atoms with Gasteiger partial charge in [-0.05, 0) is 95.8 Å². The molecule has 1 saturated heterocycles. The van der Waals surface area contributed by atoms with Crippen molar-refractivity contribution in [2.24, 2.45) is 0 Å². The first-order valence-corrected chi connectivity index (χ1v) is 13.7. The molecule has 0 saturated carbocycles. The predicted molar refractivity (Wildman–Crippen MR) is 135 cm³/mol. The van der Waals surface area contributed by atoms with E-state index in [1.807, 2.05) is 64.1 Å². The van der Waals surface area contributed by atoms with Gasteiger partial charge in [-0.1, -0.05) is 36.2 Å². The molecule has 1 heterocycles. The van der Waals surface area contributed by atoms with Crippen molar-refractivity contribution >= 4 is 10.0 Å². The molecule has 1 fully saturated rings. The van der Waals surface area contributed by atoms with Crippen LogP contribution in [0.25, 0.3) is 0 Å². The molecule has 3 rings (SSSR count). The molecule has 2 aromatic rings. The highest BCUT2D eigenvalue weighted by Gasteiger charge is 2.28. The molecule has 5 nitrogen and oxygen atoms in total. The third kappa shape index (κ3) is 6.58. The molecule has 1 unspecified atom stereocenters. The average Bonchev–Trinajstić information content (AvgIpc) is 2.75. The predicted octanol–water partition coefficient (Wildman–Crippen LogP) is 5.47. The summed E-state index contributed by atoms with van der Waals surface area (Å²) < 4.78 is 35.0. The van der Waals surface area contributed by atoms with Crippen molar-refractivity contribution < 1.29 is 13.2 Å². The molecule has 0 N–H and O–H groups in total. The molecule has 1 atom stereocenters. The molecule has 0 spiro atoms. The minimum atomic E-state index is -3.63. The third-order valence-electron chi connectivity index (χ3n) is 6.59. The number of ether oxygens (including phenoxy) is 1. The monoisotopic (exact) mass is 472 g/mol. The summed E-state index contributed by atoms with van der Waals surface area (Å²) in [6, 6.07) is 12.3. The minimum absolute atomic E-state index is 0.358. The van der Waals surface area contributed by atoms with Gasteiger partial charge >= 0.3 is 0 Å². The van der Waals surface area contributed by atoms with Crippen LogP contribution in [-0.2, 0) is 16.6 Å². The number of likely N-dealkylation sites (tertiary alicyclic amines) is 1. The number of sulfonamides is 1. The zero-order chi connectivity index (χ0) is 24.0. The second kappa shape index (κ2) is 11.5. The Morgan fingerprint density at radius 3 is 2.33 bits per heavy atom. The largest absolute Gasteiger partial charge is 0.494 e. The van der Waals surface area contributed by atoms with Crippen LogP contribution in [0.3, 0.4) is 0 Å². The summed E-state index contributed by atoms with van der Waals surface area (Å²) in [5.74, 6) is 0.806. The van der Waals surface area contributed by atoms with Crippen molar-refractivity contribution in [3.8, 4) is 5.75 Å². The zero-order valence-electron chi connectivity index (χ0n) is 20.9. The normalized spacial score (nSPS) is 17.5. The lowest BCUT2D eigenvalue weighted by Crippen LogP contribution is -2.40. The van der Waals surface area contributed by atoms with Crippen LogP contribution in [0.15, 0.2) is 41.3 Å². The van der Waals surface area contributed by atoms with Gasteiger partial charge < -0.3 is 9.64 Å². The molecule has 0 bridgehead atoms. The van der Waals surface area contributed by atoms with Crippen molar-refractivity contribution in [1.29, 1.82) is 0 Å². The zero-order valence-corrected chi connectivity index (χ0v) is 21.7. The Hall–Kier alpha value is -1.89. The van der Waals surface area contributed by atoms with E-state index in [2.05, 4.69) is 11.8 Å². The Morgan fingerprint density at radius 2 is 1.73 bits per heavy atom. The maximum Gasteiger partial charge on any atom is 0.243 e. The number of benzene rings is 2. The van der Waals surface area contributed by atoms with Crippen LogP contribution in [0.4, 0.5) is 0 Å².